The van der Waals surface area contributed by atoms with Crippen molar-refractivity contribution < 1.29 is 24.2 Å². The second-order valence-corrected chi connectivity index (χ2v) is 4.83. The first-order valence-corrected chi connectivity index (χ1v) is 6.16. The van der Waals surface area contributed by atoms with Gasteiger partial charge in [0.15, 0.2) is 0 Å². The van der Waals surface area contributed by atoms with Crippen molar-refractivity contribution in [1.82, 2.24) is 9.80 Å². The van der Waals surface area contributed by atoms with Crippen LogP contribution in [0.25, 0.3) is 0 Å². The van der Waals surface area contributed by atoms with Crippen molar-refractivity contribution in [2.24, 2.45) is 5.41 Å². The topological polar surface area (TPSA) is 87.2 Å². The van der Waals surface area contributed by atoms with Gasteiger partial charge in [-0.05, 0) is 12.8 Å². The van der Waals surface area contributed by atoms with Crippen molar-refractivity contribution >= 4 is 18.0 Å². The molecule has 0 bridgehead atoms. The summed E-state index contributed by atoms with van der Waals surface area (Å²) in [5.41, 5.74) is -0.859. The first kappa shape index (κ1) is 15.3. The zero-order valence-electron chi connectivity index (χ0n) is 11.5. The van der Waals surface area contributed by atoms with Crippen molar-refractivity contribution in [2.75, 3.05) is 33.8 Å². The molecule has 1 heterocycles. The average Bonchev–Trinajstić information content (AvgIpc) is 2.83. The predicted molar refractivity (Wildman–Crippen MR) is 66.6 cm³/mol. The van der Waals surface area contributed by atoms with Gasteiger partial charge in [0, 0.05) is 20.1 Å². The molecule has 1 atom stereocenters. The highest BCUT2D eigenvalue weighted by Gasteiger charge is 2.45. The maximum Gasteiger partial charge on any atom is 0.325 e. The number of carboxylic acids is 1. The third kappa shape index (κ3) is 3.15. The number of urea groups is 1. The van der Waals surface area contributed by atoms with E-state index in [4.69, 9.17) is 0 Å². The molecule has 0 aliphatic carbocycles. The number of esters is 1. The van der Waals surface area contributed by atoms with E-state index in [0.717, 1.165) is 0 Å². The Kier molecular flexibility index (Phi) is 4.74. The van der Waals surface area contributed by atoms with Crippen molar-refractivity contribution in [2.45, 2.75) is 19.8 Å². The SMILES string of the molecule is CCC1(C(=O)O)CCN(C(=O)N(C)CC(=O)OC)C1. The van der Waals surface area contributed by atoms with Gasteiger partial charge in [-0.15, -0.1) is 0 Å². The number of hydrogen-bond acceptors (Lipinski definition) is 4. The molecule has 2 amide bonds. The van der Waals surface area contributed by atoms with Crippen LogP contribution in [0.15, 0.2) is 0 Å². The Labute approximate surface area is 112 Å². The van der Waals surface area contributed by atoms with E-state index in [2.05, 4.69) is 4.74 Å². The van der Waals surface area contributed by atoms with Crippen molar-refractivity contribution in [3.63, 3.8) is 0 Å². The molecule has 0 radical (unpaired) electrons. The highest BCUT2D eigenvalue weighted by molar-refractivity contribution is 5.82. The molecule has 1 aliphatic heterocycles. The highest BCUT2D eigenvalue weighted by atomic mass is 16.5. The number of ether oxygens (including phenoxy) is 1. The van der Waals surface area contributed by atoms with Crippen LogP contribution in [-0.4, -0.2) is 66.7 Å². The van der Waals surface area contributed by atoms with E-state index in [1.807, 2.05) is 0 Å². The lowest BCUT2D eigenvalue weighted by Gasteiger charge is -2.26. The third-order valence-electron chi connectivity index (χ3n) is 3.68. The molecule has 1 rings (SSSR count). The first-order valence-electron chi connectivity index (χ1n) is 6.16. The summed E-state index contributed by atoms with van der Waals surface area (Å²) in [6.45, 7) is 2.24. The number of carbonyl (C=O) groups is 3. The molecular weight excluding hydrogens is 252 g/mol. The van der Waals surface area contributed by atoms with Gasteiger partial charge in [0.2, 0.25) is 0 Å². The number of aliphatic carboxylic acids is 1. The Bertz CT molecular complexity index is 384. The molecule has 1 N–H and O–H groups in total. The Morgan fingerprint density at radius 3 is 2.47 bits per heavy atom. The Hall–Kier alpha value is -1.79. The van der Waals surface area contributed by atoms with Crippen LogP contribution in [0.2, 0.25) is 0 Å². The minimum atomic E-state index is -0.874. The quantitative estimate of drug-likeness (QED) is 0.748. The second kappa shape index (κ2) is 5.90. The van der Waals surface area contributed by atoms with Crippen molar-refractivity contribution in [1.29, 1.82) is 0 Å². The van der Waals surface area contributed by atoms with E-state index in [9.17, 15) is 19.5 Å². The van der Waals surface area contributed by atoms with Crippen molar-refractivity contribution in [3.8, 4) is 0 Å². The van der Waals surface area contributed by atoms with E-state index in [1.54, 1.807) is 6.92 Å². The lowest BCUT2D eigenvalue weighted by molar-refractivity contribution is -0.148. The van der Waals surface area contributed by atoms with E-state index in [0.29, 0.717) is 19.4 Å². The lowest BCUT2D eigenvalue weighted by Crippen LogP contribution is -2.44. The molecule has 1 aliphatic rings. The van der Waals surface area contributed by atoms with Gasteiger partial charge in [-0.3, -0.25) is 9.59 Å². The molecule has 1 unspecified atom stereocenters. The van der Waals surface area contributed by atoms with Gasteiger partial charge in [-0.1, -0.05) is 6.92 Å². The summed E-state index contributed by atoms with van der Waals surface area (Å²) in [5, 5.41) is 9.26. The van der Waals surface area contributed by atoms with E-state index >= 15 is 0 Å². The van der Waals surface area contributed by atoms with Crippen LogP contribution in [0, 0.1) is 5.41 Å². The molecule has 7 nitrogen and oxygen atoms in total. The van der Waals surface area contributed by atoms with Crippen LogP contribution < -0.4 is 0 Å². The third-order valence-corrected chi connectivity index (χ3v) is 3.68. The van der Waals surface area contributed by atoms with Gasteiger partial charge in [-0.2, -0.15) is 0 Å². The Morgan fingerprint density at radius 2 is 2.05 bits per heavy atom. The van der Waals surface area contributed by atoms with Gasteiger partial charge in [0.1, 0.15) is 6.54 Å². The molecular formula is C12H20N2O5. The van der Waals surface area contributed by atoms with Gasteiger partial charge in [0.05, 0.1) is 12.5 Å². The molecule has 0 aromatic rings. The van der Waals surface area contributed by atoms with E-state index in [-0.39, 0.29) is 19.1 Å². The monoisotopic (exact) mass is 272 g/mol. The van der Waals surface area contributed by atoms with Crippen LogP contribution in [0.4, 0.5) is 4.79 Å². The fourth-order valence-electron chi connectivity index (χ4n) is 2.22. The second-order valence-electron chi connectivity index (χ2n) is 4.83. The predicted octanol–water partition coefficient (Wildman–Crippen LogP) is 0.398. The standard InChI is InChI=1S/C12H20N2O5/c1-4-12(10(16)17)5-6-14(8-12)11(18)13(2)7-9(15)19-3/h4-8H2,1-3H3,(H,16,17). The van der Waals surface area contributed by atoms with Crippen LogP contribution in [0.1, 0.15) is 19.8 Å². The number of likely N-dealkylation sites (N-methyl/N-ethyl adjacent to an activating group) is 1. The molecule has 19 heavy (non-hydrogen) atoms. The van der Waals surface area contributed by atoms with Gasteiger partial charge in [-0.25, -0.2) is 4.79 Å². The number of nitrogens with zero attached hydrogens (tertiary/aromatic N) is 2. The van der Waals surface area contributed by atoms with Crippen LogP contribution >= 0.6 is 0 Å². The Morgan fingerprint density at radius 1 is 1.42 bits per heavy atom. The van der Waals surface area contributed by atoms with Crippen molar-refractivity contribution in [3.05, 3.63) is 0 Å². The number of carbonyl (C=O) groups excluding carboxylic acids is 2. The molecule has 0 spiro atoms. The lowest BCUT2D eigenvalue weighted by atomic mass is 9.84. The maximum absolute atomic E-state index is 12.1. The van der Waals surface area contributed by atoms with Gasteiger partial charge in [0.25, 0.3) is 0 Å². The average molecular weight is 272 g/mol. The highest BCUT2D eigenvalue weighted by Crippen LogP contribution is 2.34. The molecule has 1 fully saturated rings. The van der Waals surface area contributed by atoms with E-state index in [1.165, 1.54) is 24.0 Å². The Balaban J connectivity index is 2.66. The smallest absolute Gasteiger partial charge is 0.325 e. The zero-order valence-corrected chi connectivity index (χ0v) is 11.5. The molecule has 1 saturated heterocycles. The summed E-state index contributed by atoms with van der Waals surface area (Å²) in [6.07, 6.45) is 0.920. The molecule has 7 heteroatoms. The van der Waals surface area contributed by atoms with Gasteiger partial charge >= 0.3 is 18.0 Å². The molecule has 108 valence electrons. The van der Waals surface area contributed by atoms with Crippen LogP contribution in [0.5, 0.6) is 0 Å². The number of methoxy groups -OCH3 is 1. The number of carboxylic acid groups (broad SMARTS) is 1. The minimum Gasteiger partial charge on any atom is -0.481 e. The van der Waals surface area contributed by atoms with Crippen LogP contribution in [0.3, 0.4) is 0 Å². The summed E-state index contributed by atoms with van der Waals surface area (Å²) in [7, 11) is 2.75. The van der Waals surface area contributed by atoms with Gasteiger partial charge < -0.3 is 19.6 Å². The maximum atomic E-state index is 12.1. The number of likely N-dealkylation sites (tertiary alicyclic amines) is 1. The van der Waals surface area contributed by atoms with E-state index < -0.39 is 17.4 Å². The molecule has 0 aromatic heterocycles. The fraction of sp³-hybridized carbons (Fsp3) is 0.750. The zero-order chi connectivity index (χ0) is 14.6. The summed E-state index contributed by atoms with van der Waals surface area (Å²) in [6, 6.07) is -0.345. The number of hydrogen-bond donors (Lipinski definition) is 1. The summed E-state index contributed by atoms with van der Waals surface area (Å²) in [4.78, 5) is 37.2. The summed E-state index contributed by atoms with van der Waals surface area (Å²) < 4.78 is 4.49. The largest absolute Gasteiger partial charge is 0.481 e. The minimum absolute atomic E-state index is 0.141. The number of rotatable bonds is 4. The number of amides is 2. The molecule has 0 aromatic carbocycles. The first-order chi connectivity index (χ1) is 8.86. The summed E-state index contributed by atoms with van der Waals surface area (Å²) >= 11 is 0. The normalized spacial score (nSPS) is 22.2. The van der Waals surface area contributed by atoms with Crippen LogP contribution in [-0.2, 0) is 14.3 Å². The summed E-state index contributed by atoms with van der Waals surface area (Å²) in [5.74, 6) is -1.38. The fourth-order valence-corrected chi connectivity index (χ4v) is 2.22. The molecule has 0 saturated carbocycles.